The third-order valence-corrected chi connectivity index (χ3v) is 2.19. The van der Waals surface area contributed by atoms with Crippen LogP contribution in [0.3, 0.4) is 0 Å². The Labute approximate surface area is 101 Å². The zero-order valence-corrected chi connectivity index (χ0v) is 10.3. The third kappa shape index (κ3) is 7.10. The summed E-state index contributed by atoms with van der Waals surface area (Å²) in [6, 6.07) is 0. The Balaban J connectivity index is 2.12. The van der Waals surface area contributed by atoms with Crippen LogP contribution < -0.4 is 0 Å². The van der Waals surface area contributed by atoms with Gasteiger partial charge < -0.3 is 19.3 Å². The van der Waals surface area contributed by atoms with Gasteiger partial charge in [-0.25, -0.2) is 4.79 Å². The molecule has 0 spiro atoms. The summed E-state index contributed by atoms with van der Waals surface area (Å²) in [5.41, 5.74) is 0.887. The van der Waals surface area contributed by atoms with Gasteiger partial charge in [-0.15, -0.1) is 0 Å². The molecule has 0 aromatic carbocycles. The smallest absolute Gasteiger partial charge is 0.330 e. The zero-order valence-electron chi connectivity index (χ0n) is 10.3. The number of aliphatic hydroxyl groups is 1. The van der Waals surface area contributed by atoms with Gasteiger partial charge in [-0.2, -0.15) is 0 Å². The van der Waals surface area contributed by atoms with Gasteiger partial charge in [0.2, 0.25) is 0 Å². The molecule has 1 aliphatic heterocycles. The highest BCUT2D eigenvalue weighted by atomic mass is 16.6. The number of hydrogen-bond acceptors (Lipinski definition) is 5. The number of carbonyl (C=O) groups is 1. The molecule has 2 atom stereocenters. The van der Waals surface area contributed by atoms with Gasteiger partial charge >= 0.3 is 5.97 Å². The molecule has 0 aliphatic carbocycles. The number of epoxide rings is 1. The number of esters is 1. The molecule has 5 heteroatoms. The molecule has 0 bridgehead atoms. The molecule has 0 saturated carbocycles. The predicted octanol–water partition coefficient (Wildman–Crippen LogP) is 0.520. The summed E-state index contributed by atoms with van der Waals surface area (Å²) in [7, 11) is 0. The van der Waals surface area contributed by atoms with Crippen LogP contribution in [0.5, 0.6) is 0 Å². The molecule has 2 unspecified atom stereocenters. The van der Waals surface area contributed by atoms with Crippen molar-refractivity contribution in [3.8, 4) is 0 Å². The van der Waals surface area contributed by atoms with Crippen LogP contribution in [-0.2, 0) is 19.0 Å². The predicted molar refractivity (Wildman–Crippen MR) is 61.5 cm³/mol. The molecule has 1 aliphatic rings. The van der Waals surface area contributed by atoms with Gasteiger partial charge in [0, 0.05) is 12.0 Å². The largest absolute Gasteiger partial charge is 0.462 e. The van der Waals surface area contributed by atoms with E-state index in [1.807, 2.05) is 13.8 Å². The van der Waals surface area contributed by atoms with Crippen LogP contribution in [0.25, 0.3) is 0 Å². The van der Waals surface area contributed by atoms with Gasteiger partial charge in [0.05, 0.1) is 33.0 Å². The molecule has 0 amide bonds. The second kappa shape index (κ2) is 7.42. The molecular weight excluding hydrogens is 224 g/mol. The summed E-state index contributed by atoms with van der Waals surface area (Å²) in [6.07, 6.45) is 1.63. The van der Waals surface area contributed by atoms with Crippen molar-refractivity contribution in [2.45, 2.75) is 20.0 Å². The van der Waals surface area contributed by atoms with Gasteiger partial charge in [-0.05, 0) is 13.8 Å². The van der Waals surface area contributed by atoms with Crippen molar-refractivity contribution in [3.05, 3.63) is 11.6 Å². The van der Waals surface area contributed by atoms with Crippen molar-refractivity contribution < 1.29 is 24.1 Å². The van der Waals surface area contributed by atoms with Crippen LogP contribution in [0.15, 0.2) is 11.6 Å². The number of hydrogen-bond donors (Lipinski definition) is 1. The molecule has 1 saturated heterocycles. The maximum atomic E-state index is 11.2. The second-order valence-electron chi connectivity index (χ2n) is 4.39. The van der Waals surface area contributed by atoms with E-state index in [1.54, 1.807) is 0 Å². The average Bonchev–Trinajstić information content (AvgIpc) is 3.06. The monoisotopic (exact) mass is 244 g/mol. The van der Waals surface area contributed by atoms with Crippen LogP contribution in [-0.4, -0.2) is 50.2 Å². The molecule has 98 valence electrons. The molecule has 0 aromatic rings. The number of rotatable bonds is 8. The lowest BCUT2D eigenvalue weighted by atomic mass is 10.2. The summed E-state index contributed by atoms with van der Waals surface area (Å²) in [5.74, 6) is -0.558. The van der Waals surface area contributed by atoms with E-state index in [0.717, 1.165) is 12.2 Å². The molecule has 0 radical (unpaired) electrons. The van der Waals surface area contributed by atoms with Gasteiger partial charge in [0.1, 0.15) is 6.10 Å². The van der Waals surface area contributed by atoms with Crippen LogP contribution in [0.1, 0.15) is 13.8 Å². The quantitative estimate of drug-likeness (QED) is 0.383. The number of ether oxygens (including phenoxy) is 3. The summed E-state index contributed by atoms with van der Waals surface area (Å²) >= 11 is 0. The standard InChI is InChI=1S/C12H20O5/c1-9(2)3-12(14)17-6-10(4-13)5-15-7-11-8-16-11/h3,10-11,13H,4-8H2,1-2H3. The molecule has 1 N–H and O–H groups in total. The first-order valence-corrected chi connectivity index (χ1v) is 5.73. The van der Waals surface area contributed by atoms with Crippen LogP contribution >= 0.6 is 0 Å². The van der Waals surface area contributed by atoms with Crippen molar-refractivity contribution >= 4 is 5.97 Å². The zero-order chi connectivity index (χ0) is 12.7. The van der Waals surface area contributed by atoms with Gasteiger partial charge in [-0.3, -0.25) is 0 Å². The minimum Gasteiger partial charge on any atom is -0.462 e. The minimum absolute atomic E-state index is 0.0619. The van der Waals surface area contributed by atoms with E-state index in [0.29, 0.717) is 13.2 Å². The Bertz CT molecular complexity index is 266. The fourth-order valence-corrected chi connectivity index (χ4v) is 1.16. The summed E-state index contributed by atoms with van der Waals surface area (Å²) in [6.45, 7) is 5.42. The first kappa shape index (κ1) is 14.2. The highest BCUT2D eigenvalue weighted by molar-refractivity contribution is 5.82. The Morgan fingerprint density at radius 2 is 2.24 bits per heavy atom. The van der Waals surface area contributed by atoms with E-state index in [4.69, 9.17) is 19.3 Å². The Morgan fingerprint density at radius 1 is 1.53 bits per heavy atom. The van der Waals surface area contributed by atoms with Crippen molar-refractivity contribution in [2.75, 3.05) is 33.0 Å². The van der Waals surface area contributed by atoms with E-state index < -0.39 is 0 Å². The lowest BCUT2D eigenvalue weighted by Gasteiger charge is -2.13. The van der Waals surface area contributed by atoms with E-state index >= 15 is 0 Å². The van der Waals surface area contributed by atoms with Crippen LogP contribution in [0, 0.1) is 5.92 Å². The highest BCUT2D eigenvalue weighted by Crippen LogP contribution is 2.09. The molecule has 0 aromatic heterocycles. The number of carbonyl (C=O) groups excluding carboxylic acids is 1. The topological polar surface area (TPSA) is 68.3 Å². The molecule has 17 heavy (non-hydrogen) atoms. The third-order valence-electron chi connectivity index (χ3n) is 2.19. The van der Waals surface area contributed by atoms with E-state index in [-0.39, 0.29) is 31.2 Å². The van der Waals surface area contributed by atoms with Gasteiger partial charge in [0.15, 0.2) is 0 Å². The van der Waals surface area contributed by atoms with E-state index in [1.165, 1.54) is 6.08 Å². The van der Waals surface area contributed by atoms with Crippen LogP contribution in [0.4, 0.5) is 0 Å². The van der Waals surface area contributed by atoms with Crippen molar-refractivity contribution in [2.24, 2.45) is 5.92 Å². The number of allylic oxidation sites excluding steroid dienone is 1. The molecule has 1 heterocycles. The average molecular weight is 244 g/mol. The molecule has 5 nitrogen and oxygen atoms in total. The fourth-order valence-electron chi connectivity index (χ4n) is 1.16. The van der Waals surface area contributed by atoms with Crippen LogP contribution in [0.2, 0.25) is 0 Å². The summed E-state index contributed by atoms with van der Waals surface area (Å²) in [4.78, 5) is 11.2. The number of aliphatic hydroxyl groups excluding tert-OH is 1. The first-order valence-electron chi connectivity index (χ1n) is 5.73. The van der Waals surface area contributed by atoms with E-state index in [2.05, 4.69) is 0 Å². The second-order valence-corrected chi connectivity index (χ2v) is 4.39. The van der Waals surface area contributed by atoms with Gasteiger partial charge in [-0.1, -0.05) is 5.57 Å². The Kier molecular flexibility index (Phi) is 6.18. The lowest BCUT2D eigenvalue weighted by molar-refractivity contribution is -0.140. The van der Waals surface area contributed by atoms with E-state index in [9.17, 15) is 4.79 Å². The maximum absolute atomic E-state index is 11.2. The molecule has 1 fully saturated rings. The van der Waals surface area contributed by atoms with Gasteiger partial charge in [0.25, 0.3) is 0 Å². The first-order chi connectivity index (χ1) is 8.11. The summed E-state index contributed by atoms with van der Waals surface area (Å²) < 4.78 is 15.3. The Morgan fingerprint density at radius 3 is 2.76 bits per heavy atom. The van der Waals surface area contributed by atoms with Crippen molar-refractivity contribution in [1.82, 2.24) is 0 Å². The van der Waals surface area contributed by atoms with Crippen molar-refractivity contribution in [3.63, 3.8) is 0 Å². The molecular formula is C12H20O5. The fraction of sp³-hybridized carbons (Fsp3) is 0.750. The normalized spacial score (nSPS) is 19.6. The lowest BCUT2D eigenvalue weighted by Crippen LogP contribution is -2.22. The minimum atomic E-state index is -0.381. The molecule has 1 rings (SSSR count). The Hall–Kier alpha value is -0.910. The maximum Gasteiger partial charge on any atom is 0.330 e. The summed E-state index contributed by atoms with van der Waals surface area (Å²) in [5, 5.41) is 9.08. The highest BCUT2D eigenvalue weighted by Gasteiger charge is 2.23. The SMILES string of the molecule is CC(C)=CC(=O)OCC(CO)COCC1CO1. The van der Waals surface area contributed by atoms with Crippen molar-refractivity contribution in [1.29, 1.82) is 0 Å².